The highest BCUT2D eigenvalue weighted by Gasteiger charge is 2.02. The fraction of sp³-hybridized carbons (Fsp3) is 0.455. The average Bonchev–Trinajstić information content (AvgIpc) is 2.32. The fourth-order valence-corrected chi connectivity index (χ4v) is 1.86. The van der Waals surface area contributed by atoms with Crippen LogP contribution < -0.4 is 0 Å². The summed E-state index contributed by atoms with van der Waals surface area (Å²) in [6.07, 6.45) is 0. The summed E-state index contributed by atoms with van der Waals surface area (Å²) in [6, 6.07) is 10.0. The summed E-state index contributed by atoms with van der Waals surface area (Å²) in [5, 5.41) is 7.00. The second-order valence-electron chi connectivity index (χ2n) is 2.61. The molecule has 15 heavy (non-hydrogen) atoms. The molecule has 0 saturated carbocycles. The van der Waals surface area contributed by atoms with E-state index in [1.807, 2.05) is 41.6 Å². The van der Waals surface area contributed by atoms with Crippen LogP contribution in [0.25, 0.3) is 0 Å². The van der Waals surface area contributed by atoms with Crippen molar-refractivity contribution in [1.29, 1.82) is 0 Å². The SMILES string of the molecule is CCN(CCF)Sc1ccccc1.CO. The zero-order valence-corrected chi connectivity index (χ0v) is 10.0. The minimum atomic E-state index is -0.284. The van der Waals surface area contributed by atoms with Crippen LogP contribution in [-0.4, -0.2) is 36.3 Å². The van der Waals surface area contributed by atoms with Crippen LogP contribution in [0.4, 0.5) is 4.39 Å². The van der Waals surface area contributed by atoms with E-state index in [-0.39, 0.29) is 6.67 Å². The number of halogens is 1. The molecule has 4 heteroatoms. The molecule has 1 aromatic rings. The van der Waals surface area contributed by atoms with Gasteiger partial charge >= 0.3 is 0 Å². The smallest absolute Gasteiger partial charge is 0.103 e. The summed E-state index contributed by atoms with van der Waals surface area (Å²) < 4.78 is 14.1. The number of nitrogens with zero attached hydrogens (tertiary/aromatic N) is 1. The van der Waals surface area contributed by atoms with Crippen molar-refractivity contribution in [2.75, 3.05) is 26.9 Å². The van der Waals surface area contributed by atoms with E-state index in [1.165, 1.54) is 0 Å². The van der Waals surface area contributed by atoms with E-state index in [9.17, 15) is 4.39 Å². The van der Waals surface area contributed by atoms with E-state index in [1.54, 1.807) is 11.9 Å². The van der Waals surface area contributed by atoms with Crippen LogP contribution in [0.3, 0.4) is 0 Å². The number of aliphatic hydroxyl groups excluding tert-OH is 1. The highest BCUT2D eigenvalue weighted by molar-refractivity contribution is 7.97. The van der Waals surface area contributed by atoms with Gasteiger partial charge in [-0.25, -0.2) is 8.70 Å². The maximum Gasteiger partial charge on any atom is 0.103 e. The summed E-state index contributed by atoms with van der Waals surface area (Å²) in [7, 11) is 1.00. The Hall–Kier alpha value is -0.580. The minimum absolute atomic E-state index is 0.284. The third kappa shape index (κ3) is 6.49. The maximum atomic E-state index is 12.1. The first-order valence-corrected chi connectivity index (χ1v) is 5.62. The molecule has 86 valence electrons. The predicted octanol–water partition coefficient (Wildman–Crippen LogP) is 2.59. The zero-order chi connectivity index (χ0) is 11.5. The van der Waals surface area contributed by atoms with Crippen molar-refractivity contribution >= 4 is 11.9 Å². The number of alkyl halides is 1. The molecule has 0 heterocycles. The van der Waals surface area contributed by atoms with Crippen LogP contribution in [0.5, 0.6) is 0 Å². The van der Waals surface area contributed by atoms with Gasteiger partial charge in [0.25, 0.3) is 0 Å². The molecule has 0 saturated heterocycles. The molecule has 0 radical (unpaired) electrons. The lowest BCUT2D eigenvalue weighted by Crippen LogP contribution is -2.17. The second kappa shape index (κ2) is 9.96. The van der Waals surface area contributed by atoms with Crippen molar-refractivity contribution in [3.63, 3.8) is 0 Å². The summed E-state index contributed by atoms with van der Waals surface area (Å²) in [4.78, 5) is 1.16. The number of benzene rings is 1. The number of hydrogen-bond donors (Lipinski definition) is 1. The Morgan fingerprint density at radius 2 is 1.87 bits per heavy atom. The van der Waals surface area contributed by atoms with E-state index >= 15 is 0 Å². The molecular formula is C11H18FNOS. The minimum Gasteiger partial charge on any atom is -0.400 e. The van der Waals surface area contributed by atoms with Crippen LogP contribution in [0.2, 0.25) is 0 Å². The van der Waals surface area contributed by atoms with Crippen LogP contribution in [-0.2, 0) is 0 Å². The Balaban J connectivity index is 0.000000921. The molecular weight excluding hydrogens is 213 g/mol. The van der Waals surface area contributed by atoms with Gasteiger partial charge in [0.05, 0.1) is 0 Å². The van der Waals surface area contributed by atoms with Gasteiger partial charge in [0.1, 0.15) is 6.67 Å². The van der Waals surface area contributed by atoms with Gasteiger partial charge < -0.3 is 5.11 Å². The van der Waals surface area contributed by atoms with Crippen LogP contribution >= 0.6 is 11.9 Å². The standard InChI is InChI=1S/C10H14FNS.CH4O/c1-2-12(9-8-11)13-10-6-4-3-5-7-10;1-2/h3-7H,2,8-9H2,1H3;2H,1H3. The first-order chi connectivity index (χ1) is 7.36. The van der Waals surface area contributed by atoms with Crippen molar-refractivity contribution in [3.05, 3.63) is 30.3 Å². The molecule has 0 aliphatic carbocycles. The van der Waals surface area contributed by atoms with Gasteiger partial charge in [-0.1, -0.05) is 25.1 Å². The molecule has 0 atom stereocenters. The monoisotopic (exact) mass is 231 g/mol. The zero-order valence-electron chi connectivity index (χ0n) is 9.19. The Kier molecular flexibility index (Phi) is 9.57. The number of rotatable bonds is 5. The van der Waals surface area contributed by atoms with Crippen LogP contribution in [0, 0.1) is 0 Å². The van der Waals surface area contributed by atoms with Gasteiger partial charge in [-0.2, -0.15) is 0 Å². The molecule has 2 nitrogen and oxygen atoms in total. The molecule has 0 bridgehead atoms. The molecule has 1 N–H and O–H groups in total. The van der Waals surface area contributed by atoms with Gasteiger partial charge in [-0.3, -0.25) is 0 Å². The molecule has 0 aromatic heterocycles. The van der Waals surface area contributed by atoms with Gasteiger partial charge in [0.2, 0.25) is 0 Å². The third-order valence-corrected chi connectivity index (χ3v) is 2.85. The molecule has 1 rings (SSSR count). The lowest BCUT2D eigenvalue weighted by molar-refractivity contribution is 0.396. The van der Waals surface area contributed by atoms with Crippen LogP contribution in [0.15, 0.2) is 35.2 Å². The van der Waals surface area contributed by atoms with E-state index in [2.05, 4.69) is 0 Å². The van der Waals surface area contributed by atoms with Crippen molar-refractivity contribution in [3.8, 4) is 0 Å². The van der Waals surface area contributed by atoms with Crippen LogP contribution in [0.1, 0.15) is 6.92 Å². The van der Waals surface area contributed by atoms with Gasteiger partial charge in [-0.15, -0.1) is 0 Å². The normalized spacial score (nSPS) is 9.67. The lowest BCUT2D eigenvalue weighted by atomic mass is 10.4. The fourth-order valence-electron chi connectivity index (χ4n) is 0.993. The van der Waals surface area contributed by atoms with Gasteiger partial charge in [0, 0.05) is 25.1 Å². The number of hydrogen-bond acceptors (Lipinski definition) is 3. The second-order valence-corrected chi connectivity index (χ2v) is 3.79. The summed E-state index contributed by atoms with van der Waals surface area (Å²) in [5.41, 5.74) is 0. The predicted molar refractivity (Wildman–Crippen MR) is 63.7 cm³/mol. The van der Waals surface area contributed by atoms with Crippen molar-refractivity contribution in [2.45, 2.75) is 11.8 Å². The molecule has 0 unspecified atom stereocenters. The van der Waals surface area contributed by atoms with Crippen molar-refractivity contribution < 1.29 is 9.50 Å². The molecule has 0 amide bonds. The third-order valence-electron chi connectivity index (χ3n) is 1.66. The first-order valence-electron chi connectivity index (χ1n) is 4.85. The summed E-state index contributed by atoms with van der Waals surface area (Å²) in [5.74, 6) is 0. The van der Waals surface area contributed by atoms with Crippen molar-refractivity contribution in [1.82, 2.24) is 4.31 Å². The van der Waals surface area contributed by atoms with Crippen molar-refractivity contribution in [2.24, 2.45) is 0 Å². The van der Waals surface area contributed by atoms with Gasteiger partial charge in [-0.05, 0) is 24.1 Å². The Morgan fingerprint density at radius 3 is 2.33 bits per heavy atom. The average molecular weight is 231 g/mol. The highest BCUT2D eigenvalue weighted by atomic mass is 32.2. The Morgan fingerprint density at radius 1 is 1.27 bits per heavy atom. The van der Waals surface area contributed by atoms with E-state index in [4.69, 9.17) is 5.11 Å². The Bertz CT molecular complexity index is 233. The van der Waals surface area contributed by atoms with E-state index in [0.29, 0.717) is 6.54 Å². The quantitative estimate of drug-likeness (QED) is 0.788. The number of aliphatic hydroxyl groups is 1. The molecule has 0 aliphatic heterocycles. The maximum absolute atomic E-state index is 12.1. The highest BCUT2D eigenvalue weighted by Crippen LogP contribution is 2.21. The molecule has 0 aliphatic rings. The topological polar surface area (TPSA) is 23.5 Å². The van der Waals surface area contributed by atoms with Gasteiger partial charge in [0.15, 0.2) is 0 Å². The first kappa shape index (κ1) is 14.4. The lowest BCUT2D eigenvalue weighted by Gasteiger charge is -2.16. The summed E-state index contributed by atoms with van der Waals surface area (Å²) >= 11 is 1.61. The van der Waals surface area contributed by atoms with E-state index < -0.39 is 0 Å². The summed E-state index contributed by atoms with van der Waals surface area (Å²) in [6.45, 7) is 3.11. The largest absolute Gasteiger partial charge is 0.400 e. The van der Waals surface area contributed by atoms with E-state index in [0.717, 1.165) is 18.6 Å². The molecule has 1 aromatic carbocycles. The molecule has 0 fully saturated rings. The Labute approximate surface area is 95.2 Å². The molecule has 0 spiro atoms.